The average Bonchev–Trinajstić information content (AvgIpc) is 2.08. The van der Waals surface area contributed by atoms with Gasteiger partial charge in [0.2, 0.25) is 0 Å². The number of rotatable bonds is 6. The van der Waals surface area contributed by atoms with E-state index in [2.05, 4.69) is 4.90 Å². The van der Waals surface area contributed by atoms with Crippen LogP contribution in [0, 0.1) is 11.8 Å². The molecule has 1 N–H and O–H groups in total. The summed E-state index contributed by atoms with van der Waals surface area (Å²) >= 11 is 0. The maximum absolute atomic E-state index is 9.76. The highest BCUT2D eigenvalue weighted by molar-refractivity contribution is 4.89. The Morgan fingerprint density at radius 1 is 1.25 bits per heavy atom. The minimum Gasteiger partial charge on any atom is -0.389 e. The molecule has 0 spiro atoms. The summed E-state index contributed by atoms with van der Waals surface area (Å²) in [4.78, 5) is 2.36. The van der Waals surface area contributed by atoms with Gasteiger partial charge in [0.05, 0.1) is 18.8 Å². The molecule has 0 aromatic rings. The van der Waals surface area contributed by atoms with E-state index in [1.54, 1.807) is 0 Å². The Morgan fingerprint density at radius 3 is 2.44 bits per heavy atom. The van der Waals surface area contributed by atoms with Crippen LogP contribution in [0.4, 0.5) is 0 Å². The third-order valence-electron chi connectivity index (χ3n) is 3.89. The monoisotopic (exact) mass is 227 g/mol. The van der Waals surface area contributed by atoms with Crippen molar-refractivity contribution in [3.63, 3.8) is 0 Å². The first-order valence-electron chi connectivity index (χ1n) is 6.67. The Kier molecular flexibility index (Phi) is 4.22. The van der Waals surface area contributed by atoms with Crippen LogP contribution >= 0.6 is 0 Å². The van der Waals surface area contributed by atoms with Gasteiger partial charge in [-0.2, -0.15) is 0 Å². The van der Waals surface area contributed by atoms with Crippen LogP contribution in [0.1, 0.15) is 33.1 Å². The first-order chi connectivity index (χ1) is 7.65. The van der Waals surface area contributed by atoms with E-state index in [1.165, 1.54) is 32.4 Å². The van der Waals surface area contributed by atoms with E-state index in [0.717, 1.165) is 18.4 Å². The molecule has 0 bridgehead atoms. The first kappa shape index (κ1) is 12.3. The summed E-state index contributed by atoms with van der Waals surface area (Å²) < 4.78 is 5.40. The van der Waals surface area contributed by atoms with Crippen LogP contribution < -0.4 is 0 Å². The SMILES string of the molecule is CC(C)OCC(O)CN1CC(C2CCC2)C1. The van der Waals surface area contributed by atoms with Crippen molar-refractivity contribution in [2.75, 3.05) is 26.2 Å². The summed E-state index contributed by atoms with van der Waals surface area (Å²) in [6.45, 7) is 7.66. The molecule has 2 rings (SSSR count). The van der Waals surface area contributed by atoms with Crippen LogP contribution in [-0.4, -0.2) is 48.5 Å². The highest BCUT2D eigenvalue weighted by Crippen LogP contribution is 2.37. The number of aliphatic hydroxyl groups is 1. The Hall–Kier alpha value is -0.120. The molecule has 16 heavy (non-hydrogen) atoms. The molecule has 1 saturated heterocycles. The molecule has 0 aromatic carbocycles. The van der Waals surface area contributed by atoms with E-state index in [1.807, 2.05) is 13.8 Å². The smallest absolute Gasteiger partial charge is 0.0900 e. The maximum Gasteiger partial charge on any atom is 0.0900 e. The van der Waals surface area contributed by atoms with Gasteiger partial charge in [-0.15, -0.1) is 0 Å². The van der Waals surface area contributed by atoms with Gasteiger partial charge in [0.25, 0.3) is 0 Å². The van der Waals surface area contributed by atoms with Crippen molar-refractivity contribution < 1.29 is 9.84 Å². The van der Waals surface area contributed by atoms with Gasteiger partial charge in [-0.25, -0.2) is 0 Å². The van der Waals surface area contributed by atoms with Crippen molar-refractivity contribution in [2.45, 2.75) is 45.3 Å². The van der Waals surface area contributed by atoms with Crippen molar-refractivity contribution >= 4 is 0 Å². The summed E-state index contributed by atoms with van der Waals surface area (Å²) in [6, 6.07) is 0. The van der Waals surface area contributed by atoms with Gasteiger partial charge in [-0.3, -0.25) is 0 Å². The minimum absolute atomic E-state index is 0.216. The van der Waals surface area contributed by atoms with Gasteiger partial charge in [0, 0.05) is 19.6 Å². The molecule has 0 radical (unpaired) electrons. The Balaban J connectivity index is 1.54. The molecule has 3 heteroatoms. The van der Waals surface area contributed by atoms with E-state index in [4.69, 9.17) is 4.74 Å². The normalized spacial score (nSPS) is 25.5. The highest BCUT2D eigenvalue weighted by atomic mass is 16.5. The number of likely N-dealkylation sites (tertiary alicyclic amines) is 1. The van der Waals surface area contributed by atoms with Crippen LogP contribution in [0.15, 0.2) is 0 Å². The fourth-order valence-electron chi connectivity index (χ4n) is 2.62. The number of ether oxygens (including phenoxy) is 1. The average molecular weight is 227 g/mol. The van der Waals surface area contributed by atoms with Crippen molar-refractivity contribution in [1.29, 1.82) is 0 Å². The predicted molar refractivity (Wildman–Crippen MR) is 64.4 cm³/mol. The van der Waals surface area contributed by atoms with Crippen LogP contribution in [0.25, 0.3) is 0 Å². The third kappa shape index (κ3) is 3.19. The molecule has 1 unspecified atom stereocenters. The molecule has 1 saturated carbocycles. The van der Waals surface area contributed by atoms with E-state index in [0.29, 0.717) is 6.61 Å². The third-order valence-corrected chi connectivity index (χ3v) is 3.89. The van der Waals surface area contributed by atoms with Gasteiger partial charge >= 0.3 is 0 Å². The Morgan fingerprint density at radius 2 is 1.94 bits per heavy atom. The molecule has 1 aliphatic carbocycles. The Bertz CT molecular complexity index is 210. The summed E-state index contributed by atoms with van der Waals surface area (Å²) in [5.41, 5.74) is 0. The van der Waals surface area contributed by atoms with Gasteiger partial charge in [-0.1, -0.05) is 19.3 Å². The topological polar surface area (TPSA) is 32.7 Å². The number of hydrogen-bond donors (Lipinski definition) is 1. The fourth-order valence-corrected chi connectivity index (χ4v) is 2.62. The second kappa shape index (κ2) is 5.48. The molecule has 2 aliphatic rings. The van der Waals surface area contributed by atoms with E-state index in [9.17, 15) is 5.11 Å². The maximum atomic E-state index is 9.76. The molecular weight excluding hydrogens is 202 g/mol. The summed E-state index contributed by atoms with van der Waals surface area (Å²) in [5, 5.41) is 9.76. The molecule has 0 aromatic heterocycles. The zero-order valence-electron chi connectivity index (χ0n) is 10.6. The largest absolute Gasteiger partial charge is 0.389 e. The molecule has 0 amide bonds. The van der Waals surface area contributed by atoms with E-state index < -0.39 is 0 Å². The zero-order chi connectivity index (χ0) is 11.5. The van der Waals surface area contributed by atoms with Gasteiger partial charge < -0.3 is 14.7 Å². The van der Waals surface area contributed by atoms with Crippen molar-refractivity contribution in [3.8, 4) is 0 Å². The van der Waals surface area contributed by atoms with Crippen molar-refractivity contribution in [3.05, 3.63) is 0 Å². The van der Waals surface area contributed by atoms with Crippen molar-refractivity contribution in [1.82, 2.24) is 4.90 Å². The van der Waals surface area contributed by atoms with Crippen LogP contribution in [0.2, 0.25) is 0 Å². The van der Waals surface area contributed by atoms with Gasteiger partial charge in [0.1, 0.15) is 0 Å². The van der Waals surface area contributed by atoms with Crippen LogP contribution in [-0.2, 0) is 4.74 Å². The highest BCUT2D eigenvalue weighted by Gasteiger charge is 2.36. The second-order valence-electron chi connectivity index (χ2n) is 5.71. The lowest BCUT2D eigenvalue weighted by Crippen LogP contribution is -2.53. The summed E-state index contributed by atoms with van der Waals surface area (Å²) in [5.74, 6) is 1.92. The Labute approximate surface area is 98.8 Å². The fraction of sp³-hybridized carbons (Fsp3) is 1.00. The zero-order valence-corrected chi connectivity index (χ0v) is 10.6. The molecule has 1 atom stereocenters. The first-order valence-corrected chi connectivity index (χ1v) is 6.67. The van der Waals surface area contributed by atoms with Crippen LogP contribution in [0.5, 0.6) is 0 Å². The van der Waals surface area contributed by atoms with Crippen molar-refractivity contribution in [2.24, 2.45) is 11.8 Å². The van der Waals surface area contributed by atoms with Gasteiger partial charge in [-0.05, 0) is 25.7 Å². The molecule has 2 fully saturated rings. The summed E-state index contributed by atoms with van der Waals surface area (Å²) in [7, 11) is 0. The number of hydrogen-bond acceptors (Lipinski definition) is 3. The number of β-amino-alcohol motifs (C(OH)–C–C–N with tert-alkyl or cyclic N) is 1. The lowest BCUT2D eigenvalue weighted by Gasteiger charge is -2.47. The molecule has 1 aliphatic heterocycles. The van der Waals surface area contributed by atoms with E-state index >= 15 is 0 Å². The molecule has 94 valence electrons. The molecule has 3 nitrogen and oxygen atoms in total. The number of nitrogens with zero attached hydrogens (tertiary/aromatic N) is 1. The standard InChI is InChI=1S/C13H25NO2/c1-10(2)16-9-13(15)8-14-6-12(7-14)11-4-3-5-11/h10-13,15H,3-9H2,1-2H3. The predicted octanol–water partition coefficient (Wildman–Crippen LogP) is 1.50. The molecular formula is C13H25NO2. The number of aliphatic hydroxyl groups excluding tert-OH is 1. The van der Waals surface area contributed by atoms with E-state index in [-0.39, 0.29) is 12.2 Å². The lowest BCUT2D eigenvalue weighted by atomic mass is 9.72. The minimum atomic E-state index is -0.315. The van der Waals surface area contributed by atoms with Crippen LogP contribution in [0.3, 0.4) is 0 Å². The molecule has 1 heterocycles. The quantitative estimate of drug-likeness (QED) is 0.746. The van der Waals surface area contributed by atoms with Gasteiger partial charge in [0.15, 0.2) is 0 Å². The summed E-state index contributed by atoms with van der Waals surface area (Å²) in [6.07, 6.45) is 4.22. The lowest BCUT2D eigenvalue weighted by molar-refractivity contribution is -0.0413. The second-order valence-corrected chi connectivity index (χ2v) is 5.71.